The number of hydrogen-bond donors (Lipinski definition) is 2. The largest absolute Gasteiger partial charge is 0.477 e. The molecule has 3 rings (SSSR count). The Morgan fingerprint density at radius 2 is 2.21 bits per heavy atom. The topological polar surface area (TPSA) is 81.7 Å². The normalized spacial score (nSPS) is 27.1. The third-order valence-electron chi connectivity index (χ3n) is 4.82. The Morgan fingerprint density at radius 1 is 1.50 bits per heavy atom. The number of carboxylic acids is 1. The maximum atomic E-state index is 12.3. The molecule has 0 saturated carbocycles. The zero-order valence-corrected chi connectivity index (χ0v) is 14.7. The van der Waals surface area contributed by atoms with Gasteiger partial charge in [-0.1, -0.05) is 6.92 Å². The Labute approximate surface area is 144 Å². The first-order valence-electron chi connectivity index (χ1n) is 7.88. The molecule has 0 radical (unpaired) electrons. The van der Waals surface area contributed by atoms with Crippen LogP contribution in [0.3, 0.4) is 0 Å². The molecule has 1 saturated heterocycles. The van der Waals surface area contributed by atoms with Gasteiger partial charge in [0.25, 0.3) is 0 Å². The van der Waals surface area contributed by atoms with Crippen LogP contribution in [-0.4, -0.2) is 44.9 Å². The molecule has 4 atom stereocenters. The van der Waals surface area contributed by atoms with E-state index in [9.17, 15) is 19.8 Å². The van der Waals surface area contributed by atoms with Gasteiger partial charge in [-0.05, 0) is 18.6 Å². The molecule has 0 aromatic carbocycles. The van der Waals surface area contributed by atoms with Crippen molar-refractivity contribution in [3.8, 4) is 0 Å². The number of aliphatic hydroxyl groups excluding tert-OH is 1. The van der Waals surface area contributed by atoms with Crippen LogP contribution >= 0.6 is 11.8 Å². The Hall–Kier alpha value is -1.86. The van der Waals surface area contributed by atoms with Crippen LogP contribution in [0.5, 0.6) is 0 Å². The molecule has 0 unspecified atom stereocenters. The van der Waals surface area contributed by atoms with Gasteiger partial charge in [-0.3, -0.25) is 4.79 Å². The minimum atomic E-state index is -1.07. The lowest BCUT2D eigenvalue weighted by Crippen LogP contribution is -2.63. The number of aliphatic carboxylic acids is 1. The summed E-state index contributed by atoms with van der Waals surface area (Å²) in [4.78, 5) is 26.4. The van der Waals surface area contributed by atoms with Gasteiger partial charge < -0.3 is 15.1 Å². The summed E-state index contributed by atoms with van der Waals surface area (Å²) in [6, 6.07) is 3.67. The highest BCUT2D eigenvalue weighted by Gasteiger charge is 2.59. The van der Waals surface area contributed by atoms with Crippen LogP contribution in [0.25, 0.3) is 0 Å². The van der Waals surface area contributed by atoms with E-state index in [0.717, 1.165) is 10.5 Å². The highest BCUT2D eigenvalue weighted by molar-refractivity contribution is 7.99. The summed E-state index contributed by atoms with van der Waals surface area (Å²) < 4.78 is 1.94. The van der Waals surface area contributed by atoms with E-state index in [1.807, 2.05) is 43.1 Å². The molecule has 0 bridgehead atoms. The number of hydrogen-bond acceptors (Lipinski definition) is 4. The second-order valence-electron chi connectivity index (χ2n) is 6.43. The zero-order chi connectivity index (χ0) is 17.6. The number of fused-ring (bicyclic) bond motifs is 1. The van der Waals surface area contributed by atoms with Crippen molar-refractivity contribution in [3.05, 3.63) is 35.8 Å². The number of carbonyl (C=O) groups excluding carboxylic acids is 1. The average Bonchev–Trinajstić information content (AvgIpc) is 2.74. The predicted octanol–water partition coefficient (Wildman–Crippen LogP) is 0.799. The first-order valence-corrected chi connectivity index (χ1v) is 8.87. The molecule has 0 spiro atoms. The van der Waals surface area contributed by atoms with E-state index in [1.165, 1.54) is 4.90 Å². The summed E-state index contributed by atoms with van der Waals surface area (Å²) in [5.41, 5.74) is 0.864. The number of pyridine rings is 1. The van der Waals surface area contributed by atoms with Gasteiger partial charge in [-0.25, -0.2) is 9.36 Å². The summed E-state index contributed by atoms with van der Waals surface area (Å²) in [5, 5.41) is 19.4. The molecule has 2 N–H and O–H groups in total. The average molecular weight is 349 g/mol. The Morgan fingerprint density at radius 3 is 2.79 bits per heavy atom. The number of amides is 1. The van der Waals surface area contributed by atoms with Crippen molar-refractivity contribution in [1.29, 1.82) is 0 Å². The number of β-lactam (4-membered cyclic amide) rings is 1. The van der Waals surface area contributed by atoms with Crippen molar-refractivity contribution in [2.45, 2.75) is 30.9 Å². The molecule has 1 aromatic rings. The standard InChI is InChI=1S/C17H20N2O4S/c1-9-12(8-24-11-5-4-6-18(3)7-11)15(17(22)23)19-14(9)13(10(2)20)16(19)21/h4-7,9-10,13-14,20H,8H2,1-3H3/p+1/t9-,10+,13+,14+/m0/s1. The Bertz CT molecular complexity index is 731. The molecule has 128 valence electrons. The van der Waals surface area contributed by atoms with Gasteiger partial charge in [0, 0.05) is 17.7 Å². The number of carboxylic acid groups (broad SMARTS) is 1. The molecule has 0 aliphatic carbocycles. The second-order valence-corrected chi connectivity index (χ2v) is 7.48. The first-order chi connectivity index (χ1) is 11.3. The number of nitrogens with zero attached hydrogens (tertiary/aromatic N) is 2. The minimum Gasteiger partial charge on any atom is -0.477 e. The quantitative estimate of drug-likeness (QED) is 0.467. The molecule has 1 fully saturated rings. The lowest BCUT2D eigenvalue weighted by Gasteiger charge is -2.46. The van der Waals surface area contributed by atoms with Crippen molar-refractivity contribution in [2.24, 2.45) is 18.9 Å². The number of aryl methyl sites for hydroxylation is 1. The van der Waals surface area contributed by atoms with Gasteiger partial charge in [-0.15, -0.1) is 11.8 Å². The van der Waals surface area contributed by atoms with E-state index >= 15 is 0 Å². The van der Waals surface area contributed by atoms with E-state index in [4.69, 9.17) is 0 Å². The fourth-order valence-electron chi connectivity index (χ4n) is 3.64. The number of rotatable bonds is 5. The number of aliphatic hydroxyl groups is 1. The van der Waals surface area contributed by atoms with Gasteiger partial charge in [0.15, 0.2) is 12.4 Å². The molecule has 24 heavy (non-hydrogen) atoms. The monoisotopic (exact) mass is 349 g/mol. The summed E-state index contributed by atoms with van der Waals surface area (Å²) >= 11 is 1.56. The van der Waals surface area contributed by atoms with E-state index in [2.05, 4.69) is 0 Å². The Balaban J connectivity index is 1.85. The van der Waals surface area contributed by atoms with Crippen LogP contribution < -0.4 is 4.57 Å². The molecular formula is C17H21N2O4S+. The van der Waals surface area contributed by atoms with E-state index in [1.54, 1.807) is 18.7 Å². The molecule has 2 aliphatic rings. The van der Waals surface area contributed by atoms with E-state index in [-0.39, 0.29) is 23.6 Å². The summed E-state index contributed by atoms with van der Waals surface area (Å²) in [6.07, 6.45) is 3.14. The lowest BCUT2D eigenvalue weighted by atomic mass is 9.78. The molecule has 1 aromatic heterocycles. The third kappa shape index (κ3) is 2.61. The van der Waals surface area contributed by atoms with E-state index in [0.29, 0.717) is 5.75 Å². The van der Waals surface area contributed by atoms with Crippen LogP contribution in [0.4, 0.5) is 0 Å². The maximum absolute atomic E-state index is 12.3. The van der Waals surface area contributed by atoms with E-state index < -0.39 is 18.0 Å². The second kappa shape index (κ2) is 6.22. The summed E-state index contributed by atoms with van der Waals surface area (Å²) in [6.45, 7) is 3.53. The first kappa shape index (κ1) is 17.0. The van der Waals surface area contributed by atoms with Crippen molar-refractivity contribution < 1.29 is 24.4 Å². The molecule has 2 aliphatic heterocycles. The van der Waals surface area contributed by atoms with Crippen LogP contribution in [0.1, 0.15) is 13.8 Å². The van der Waals surface area contributed by atoms with Crippen molar-refractivity contribution in [3.63, 3.8) is 0 Å². The SMILES string of the molecule is C[C@@H](O)[C@H]1C(=O)N2C(C(=O)O)=C(CSc3ccc[n+](C)c3)[C@H](C)[C@H]12. The van der Waals surface area contributed by atoms with Gasteiger partial charge >= 0.3 is 5.97 Å². The molecule has 7 heteroatoms. The van der Waals surface area contributed by atoms with Gasteiger partial charge in [0.1, 0.15) is 12.7 Å². The Kier molecular flexibility index (Phi) is 4.40. The minimum absolute atomic E-state index is 0.0710. The van der Waals surface area contributed by atoms with Crippen molar-refractivity contribution in [2.75, 3.05) is 5.75 Å². The lowest BCUT2D eigenvalue weighted by molar-refractivity contribution is -0.673. The highest BCUT2D eigenvalue weighted by atomic mass is 32.2. The fraction of sp³-hybridized carbons (Fsp3) is 0.471. The number of carbonyl (C=O) groups is 2. The number of thioether (sulfide) groups is 1. The van der Waals surface area contributed by atoms with Crippen LogP contribution in [0, 0.1) is 11.8 Å². The zero-order valence-electron chi connectivity index (χ0n) is 13.8. The predicted molar refractivity (Wildman–Crippen MR) is 88.0 cm³/mol. The number of aromatic nitrogens is 1. The maximum Gasteiger partial charge on any atom is 0.352 e. The van der Waals surface area contributed by atoms with Gasteiger partial charge in [0.2, 0.25) is 5.91 Å². The molecular weight excluding hydrogens is 328 g/mol. The van der Waals surface area contributed by atoms with Crippen molar-refractivity contribution >= 4 is 23.6 Å². The smallest absolute Gasteiger partial charge is 0.352 e. The molecule has 3 heterocycles. The van der Waals surface area contributed by atoms with Crippen molar-refractivity contribution in [1.82, 2.24) is 4.90 Å². The summed E-state index contributed by atoms with van der Waals surface area (Å²) in [7, 11) is 1.93. The van der Waals surface area contributed by atoms with Gasteiger partial charge in [0.05, 0.1) is 23.0 Å². The van der Waals surface area contributed by atoms with Crippen LogP contribution in [0.2, 0.25) is 0 Å². The van der Waals surface area contributed by atoms with Crippen LogP contribution in [0.15, 0.2) is 40.7 Å². The molecule has 6 nitrogen and oxygen atoms in total. The fourth-order valence-corrected chi connectivity index (χ4v) is 4.78. The highest BCUT2D eigenvalue weighted by Crippen LogP contribution is 2.48. The summed E-state index contributed by atoms with van der Waals surface area (Å²) in [5.74, 6) is -1.43. The third-order valence-corrected chi connectivity index (χ3v) is 5.86. The van der Waals surface area contributed by atoms with Crippen LogP contribution in [-0.2, 0) is 16.6 Å². The molecule has 1 amide bonds. The van der Waals surface area contributed by atoms with Gasteiger partial charge in [-0.2, -0.15) is 0 Å².